The third-order valence-electron chi connectivity index (χ3n) is 1.91. The summed E-state index contributed by atoms with van der Waals surface area (Å²) in [7, 11) is 0. The Morgan fingerprint density at radius 1 is 1.41 bits per heavy atom. The van der Waals surface area contributed by atoms with Crippen LogP contribution in [0.1, 0.15) is 23.7 Å². The normalized spacial score (nSPS) is 11.4. The van der Waals surface area contributed by atoms with Crippen LogP contribution in [0.3, 0.4) is 0 Å². The summed E-state index contributed by atoms with van der Waals surface area (Å²) in [5.74, 6) is -1.64. The number of benzene rings is 1. The fourth-order valence-corrected chi connectivity index (χ4v) is 1.37. The lowest BCUT2D eigenvalue weighted by atomic mass is 10.1. The molecule has 0 radical (unpaired) electrons. The van der Waals surface area contributed by atoms with Gasteiger partial charge >= 0.3 is 6.18 Å². The summed E-state index contributed by atoms with van der Waals surface area (Å²) in [5, 5.41) is -0.00597. The van der Waals surface area contributed by atoms with Crippen LogP contribution in [0.5, 0.6) is 5.75 Å². The summed E-state index contributed by atoms with van der Waals surface area (Å²) in [6, 6.07) is 3.27. The summed E-state index contributed by atoms with van der Waals surface area (Å²) in [6.45, 7) is 2.29. The molecule has 0 unspecified atom stereocenters. The molecule has 0 aliphatic heterocycles. The van der Waals surface area contributed by atoms with E-state index in [0.29, 0.717) is 6.61 Å². The number of ether oxygens (including phenoxy) is 1. The predicted molar refractivity (Wildman–Crippen MR) is 57.6 cm³/mol. The van der Waals surface area contributed by atoms with Crippen molar-refractivity contribution in [3.63, 3.8) is 0 Å². The van der Waals surface area contributed by atoms with E-state index in [1.165, 1.54) is 6.07 Å². The van der Waals surface area contributed by atoms with E-state index >= 15 is 0 Å². The molecular formula is C11H10ClF3O2. The number of Topliss-reactive ketones (excluding diaryl/α,β-unsaturated/α-hetero) is 1. The zero-order chi connectivity index (χ0) is 13.1. The lowest BCUT2D eigenvalue weighted by molar-refractivity contribution is -0.0885. The predicted octanol–water partition coefficient (Wildman–Crippen LogP) is 3.87. The van der Waals surface area contributed by atoms with E-state index in [2.05, 4.69) is 0 Å². The highest BCUT2D eigenvalue weighted by Gasteiger charge is 2.39. The highest BCUT2D eigenvalue weighted by atomic mass is 35.5. The number of halogens is 4. The third-order valence-corrected chi connectivity index (χ3v) is 2.21. The van der Waals surface area contributed by atoms with Crippen LogP contribution in [0.2, 0.25) is 5.02 Å². The molecule has 17 heavy (non-hydrogen) atoms. The quantitative estimate of drug-likeness (QED) is 0.773. The number of alkyl halides is 3. The number of rotatable bonds is 4. The molecular weight excluding hydrogens is 257 g/mol. The first-order valence-electron chi connectivity index (χ1n) is 4.90. The van der Waals surface area contributed by atoms with Gasteiger partial charge in [-0.15, -0.1) is 0 Å². The molecule has 0 bridgehead atoms. The smallest absolute Gasteiger partial charge is 0.454 e. The molecule has 0 N–H and O–H groups in total. The van der Waals surface area contributed by atoms with Crippen molar-refractivity contribution in [1.82, 2.24) is 0 Å². The Hall–Kier alpha value is -1.23. The summed E-state index contributed by atoms with van der Waals surface area (Å²) < 4.78 is 41.6. The maximum atomic E-state index is 12.1. The standard InChI is InChI=1S/C11H10ClF3O2/c1-2-5-17-9-4-3-7(6-8(9)12)10(16)11(13,14)15/h3-4,6H,2,5H2,1H3. The lowest BCUT2D eigenvalue weighted by Crippen LogP contribution is -2.22. The Bertz CT molecular complexity index is 416. The molecule has 1 aromatic rings. The van der Waals surface area contributed by atoms with Crippen molar-refractivity contribution in [3.8, 4) is 5.75 Å². The second kappa shape index (κ2) is 5.40. The highest BCUT2D eigenvalue weighted by molar-refractivity contribution is 6.32. The van der Waals surface area contributed by atoms with Crippen LogP contribution in [0.4, 0.5) is 13.2 Å². The van der Waals surface area contributed by atoms with Gasteiger partial charge in [0, 0.05) is 5.56 Å². The molecule has 1 rings (SSSR count). The Morgan fingerprint density at radius 2 is 2.06 bits per heavy atom. The van der Waals surface area contributed by atoms with Crippen LogP contribution in [-0.4, -0.2) is 18.6 Å². The molecule has 1 aromatic carbocycles. The number of hydrogen-bond acceptors (Lipinski definition) is 2. The van der Waals surface area contributed by atoms with Crippen LogP contribution in [0.25, 0.3) is 0 Å². The van der Waals surface area contributed by atoms with Crippen LogP contribution in [0, 0.1) is 0 Å². The van der Waals surface area contributed by atoms with Gasteiger partial charge in [-0.05, 0) is 24.6 Å². The average Bonchev–Trinajstić information content (AvgIpc) is 2.25. The van der Waals surface area contributed by atoms with E-state index in [1.807, 2.05) is 6.92 Å². The first-order valence-corrected chi connectivity index (χ1v) is 5.28. The number of carbonyl (C=O) groups is 1. The number of hydrogen-bond donors (Lipinski definition) is 0. The van der Waals surface area contributed by atoms with E-state index < -0.39 is 17.5 Å². The fourth-order valence-electron chi connectivity index (χ4n) is 1.13. The molecule has 0 saturated carbocycles. The molecule has 0 fully saturated rings. The molecule has 94 valence electrons. The average molecular weight is 267 g/mol. The molecule has 0 heterocycles. The minimum absolute atomic E-state index is 0.00597. The SMILES string of the molecule is CCCOc1ccc(C(=O)C(F)(F)F)cc1Cl. The van der Waals surface area contributed by atoms with Gasteiger partial charge < -0.3 is 4.74 Å². The van der Waals surface area contributed by atoms with Gasteiger partial charge in [0.1, 0.15) is 5.75 Å². The molecule has 0 spiro atoms. The number of carbonyl (C=O) groups excluding carboxylic acids is 1. The van der Waals surface area contributed by atoms with Crippen LogP contribution < -0.4 is 4.74 Å². The Kier molecular flexibility index (Phi) is 4.40. The van der Waals surface area contributed by atoms with Crippen molar-refractivity contribution >= 4 is 17.4 Å². The highest BCUT2D eigenvalue weighted by Crippen LogP contribution is 2.29. The Morgan fingerprint density at radius 3 is 2.53 bits per heavy atom. The van der Waals surface area contributed by atoms with Crippen molar-refractivity contribution in [2.45, 2.75) is 19.5 Å². The van der Waals surface area contributed by atoms with E-state index in [4.69, 9.17) is 16.3 Å². The minimum Gasteiger partial charge on any atom is -0.492 e. The van der Waals surface area contributed by atoms with Gasteiger partial charge in [-0.3, -0.25) is 4.79 Å². The summed E-state index contributed by atoms with van der Waals surface area (Å²) in [5.41, 5.74) is -0.494. The van der Waals surface area contributed by atoms with E-state index in [-0.39, 0.29) is 10.8 Å². The summed E-state index contributed by atoms with van der Waals surface area (Å²) in [6.07, 6.45) is -4.14. The van der Waals surface area contributed by atoms with Gasteiger partial charge in [0.05, 0.1) is 11.6 Å². The van der Waals surface area contributed by atoms with Gasteiger partial charge in [-0.2, -0.15) is 13.2 Å². The van der Waals surface area contributed by atoms with E-state index in [9.17, 15) is 18.0 Å². The molecule has 0 amide bonds. The van der Waals surface area contributed by atoms with Crippen molar-refractivity contribution in [2.75, 3.05) is 6.61 Å². The van der Waals surface area contributed by atoms with E-state index in [0.717, 1.165) is 18.6 Å². The molecule has 6 heteroatoms. The maximum Gasteiger partial charge on any atom is 0.454 e. The second-order valence-electron chi connectivity index (χ2n) is 3.32. The zero-order valence-electron chi connectivity index (χ0n) is 8.97. The van der Waals surface area contributed by atoms with Crippen LogP contribution >= 0.6 is 11.6 Å². The third kappa shape index (κ3) is 3.63. The van der Waals surface area contributed by atoms with Crippen molar-refractivity contribution < 1.29 is 22.7 Å². The Balaban J connectivity index is 2.93. The van der Waals surface area contributed by atoms with Gasteiger partial charge in [-0.25, -0.2) is 0 Å². The second-order valence-corrected chi connectivity index (χ2v) is 3.73. The fraction of sp³-hybridized carbons (Fsp3) is 0.364. The van der Waals surface area contributed by atoms with Crippen molar-refractivity contribution in [3.05, 3.63) is 28.8 Å². The monoisotopic (exact) mass is 266 g/mol. The number of ketones is 1. The topological polar surface area (TPSA) is 26.3 Å². The molecule has 2 nitrogen and oxygen atoms in total. The molecule has 0 aliphatic rings. The Labute approximate surface area is 101 Å². The minimum atomic E-state index is -4.89. The van der Waals surface area contributed by atoms with Crippen LogP contribution in [-0.2, 0) is 0 Å². The lowest BCUT2D eigenvalue weighted by Gasteiger charge is -2.09. The van der Waals surface area contributed by atoms with E-state index in [1.54, 1.807) is 0 Å². The van der Waals surface area contributed by atoms with Crippen molar-refractivity contribution in [2.24, 2.45) is 0 Å². The summed E-state index contributed by atoms with van der Waals surface area (Å²) >= 11 is 5.71. The van der Waals surface area contributed by atoms with Gasteiger partial charge in [0.15, 0.2) is 0 Å². The first-order chi connectivity index (χ1) is 7.86. The largest absolute Gasteiger partial charge is 0.492 e. The van der Waals surface area contributed by atoms with Gasteiger partial charge in [0.25, 0.3) is 5.78 Å². The maximum absolute atomic E-state index is 12.1. The molecule has 0 atom stereocenters. The first kappa shape index (κ1) is 13.8. The van der Waals surface area contributed by atoms with Gasteiger partial charge in [-0.1, -0.05) is 18.5 Å². The molecule has 0 saturated heterocycles. The summed E-state index contributed by atoms with van der Waals surface area (Å²) in [4.78, 5) is 10.9. The molecule has 0 aromatic heterocycles. The van der Waals surface area contributed by atoms with Gasteiger partial charge in [0.2, 0.25) is 0 Å². The van der Waals surface area contributed by atoms with Crippen LogP contribution in [0.15, 0.2) is 18.2 Å². The molecule has 0 aliphatic carbocycles. The zero-order valence-corrected chi connectivity index (χ0v) is 9.73. The van der Waals surface area contributed by atoms with Crippen molar-refractivity contribution in [1.29, 1.82) is 0 Å².